The maximum absolute atomic E-state index is 9.86. The molecule has 0 aliphatic carbocycles. The summed E-state index contributed by atoms with van der Waals surface area (Å²) in [6.45, 7) is 1.74. The third-order valence-electron chi connectivity index (χ3n) is 2.43. The van der Waals surface area contributed by atoms with Crippen LogP contribution in [-0.4, -0.2) is 26.9 Å². The predicted octanol–water partition coefficient (Wildman–Crippen LogP) is 2.80. The highest BCUT2D eigenvalue weighted by molar-refractivity contribution is 5.27. The summed E-state index contributed by atoms with van der Waals surface area (Å²) in [6.07, 6.45) is 2.56. The highest BCUT2D eigenvalue weighted by atomic mass is 16.5. The van der Waals surface area contributed by atoms with Crippen molar-refractivity contribution in [3.63, 3.8) is 0 Å². The van der Waals surface area contributed by atoms with E-state index in [9.17, 15) is 4.91 Å². The Morgan fingerprint density at radius 3 is 2.53 bits per heavy atom. The standard InChI is InChI=1S/C13H19NO3/c1-16-11-8-12-4-6-13(7-5-12)17-10-3-2-9-14-15/h4-7H,2-3,8-11H2,1H3. The number of nitroso groups, excluding NO2 is 1. The molecule has 0 saturated carbocycles. The van der Waals surface area contributed by atoms with E-state index in [0.717, 1.165) is 31.6 Å². The number of benzene rings is 1. The van der Waals surface area contributed by atoms with Crippen LogP contribution in [0.15, 0.2) is 29.4 Å². The zero-order valence-corrected chi connectivity index (χ0v) is 10.2. The Labute approximate surface area is 102 Å². The van der Waals surface area contributed by atoms with Gasteiger partial charge in [0.05, 0.1) is 19.8 Å². The Morgan fingerprint density at radius 2 is 1.88 bits per heavy atom. The van der Waals surface area contributed by atoms with Crippen molar-refractivity contribution in [1.29, 1.82) is 0 Å². The molecule has 4 nitrogen and oxygen atoms in total. The van der Waals surface area contributed by atoms with Gasteiger partial charge in [-0.2, -0.15) is 4.91 Å². The van der Waals surface area contributed by atoms with Gasteiger partial charge in [-0.3, -0.25) is 0 Å². The highest BCUT2D eigenvalue weighted by Gasteiger charge is 1.96. The summed E-state index contributed by atoms with van der Waals surface area (Å²) in [5, 5.41) is 2.80. The van der Waals surface area contributed by atoms with E-state index in [1.807, 2.05) is 24.3 Å². The zero-order valence-electron chi connectivity index (χ0n) is 10.2. The summed E-state index contributed by atoms with van der Waals surface area (Å²) in [5.74, 6) is 0.866. The molecule has 0 spiro atoms. The van der Waals surface area contributed by atoms with E-state index in [1.165, 1.54) is 5.56 Å². The molecule has 1 aromatic carbocycles. The van der Waals surface area contributed by atoms with Gasteiger partial charge in [-0.15, -0.1) is 0 Å². The van der Waals surface area contributed by atoms with Gasteiger partial charge in [0, 0.05) is 7.11 Å². The lowest BCUT2D eigenvalue weighted by Crippen LogP contribution is -1.99. The second-order valence-electron chi connectivity index (χ2n) is 3.80. The van der Waals surface area contributed by atoms with Crippen LogP contribution in [-0.2, 0) is 11.2 Å². The number of ether oxygens (including phenoxy) is 2. The minimum Gasteiger partial charge on any atom is -0.494 e. The fourth-order valence-electron chi connectivity index (χ4n) is 1.44. The molecule has 17 heavy (non-hydrogen) atoms. The number of hydrogen-bond donors (Lipinski definition) is 0. The second-order valence-corrected chi connectivity index (χ2v) is 3.80. The molecule has 0 saturated heterocycles. The fourth-order valence-corrected chi connectivity index (χ4v) is 1.44. The van der Waals surface area contributed by atoms with E-state index >= 15 is 0 Å². The SMILES string of the molecule is COCCc1ccc(OCCCCN=O)cc1. The molecule has 1 aromatic rings. The van der Waals surface area contributed by atoms with E-state index in [1.54, 1.807) is 7.11 Å². The van der Waals surface area contributed by atoms with E-state index in [-0.39, 0.29) is 0 Å². The molecule has 0 bridgehead atoms. The number of rotatable bonds is 9. The van der Waals surface area contributed by atoms with Crippen LogP contribution in [0.3, 0.4) is 0 Å². The number of hydrogen-bond acceptors (Lipinski definition) is 4. The van der Waals surface area contributed by atoms with Crippen LogP contribution >= 0.6 is 0 Å². The molecule has 0 aliphatic rings. The van der Waals surface area contributed by atoms with Gasteiger partial charge in [-0.05, 0) is 37.0 Å². The van der Waals surface area contributed by atoms with Crippen molar-refractivity contribution in [2.75, 3.05) is 26.9 Å². The second kappa shape index (κ2) is 8.70. The van der Waals surface area contributed by atoms with Gasteiger partial charge in [0.1, 0.15) is 5.75 Å². The fraction of sp³-hybridized carbons (Fsp3) is 0.538. The molecule has 0 radical (unpaired) electrons. The topological polar surface area (TPSA) is 47.9 Å². The molecule has 0 aliphatic heterocycles. The van der Waals surface area contributed by atoms with Gasteiger partial charge < -0.3 is 9.47 Å². The van der Waals surface area contributed by atoms with Crippen molar-refractivity contribution in [3.8, 4) is 5.75 Å². The van der Waals surface area contributed by atoms with Crippen LogP contribution in [0.5, 0.6) is 5.75 Å². The van der Waals surface area contributed by atoms with Gasteiger partial charge in [0.2, 0.25) is 0 Å². The van der Waals surface area contributed by atoms with Gasteiger partial charge >= 0.3 is 0 Å². The summed E-state index contributed by atoms with van der Waals surface area (Å²) in [4.78, 5) is 9.86. The maximum Gasteiger partial charge on any atom is 0.119 e. The first-order valence-electron chi connectivity index (χ1n) is 5.86. The van der Waals surface area contributed by atoms with Crippen LogP contribution < -0.4 is 4.74 Å². The van der Waals surface area contributed by atoms with Crippen molar-refractivity contribution < 1.29 is 9.47 Å². The normalized spacial score (nSPS) is 10.2. The smallest absolute Gasteiger partial charge is 0.119 e. The Morgan fingerprint density at radius 1 is 1.12 bits per heavy atom. The Bertz CT molecular complexity index is 311. The van der Waals surface area contributed by atoms with Crippen molar-refractivity contribution in [2.45, 2.75) is 19.3 Å². The minimum atomic E-state index is 0.374. The molecule has 0 heterocycles. The quantitative estimate of drug-likeness (QED) is 0.490. The third-order valence-corrected chi connectivity index (χ3v) is 2.43. The zero-order chi connectivity index (χ0) is 12.3. The lowest BCUT2D eigenvalue weighted by atomic mass is 10.1. The predicted molar refractivity (Wildman–Crippen MR) is 67.4 cm³/mol. The molecule has 0 unspecified atom stereocenters. The lowest BCUT2D eigenvalue weighted by Gasteiger charge is -2.06. The van der Waals surface area contributed by atoms with Crippen LogP contribution in [0, 0.1) is 4.91 Å². The van der Waals surface area contributed by atoms with E-state index in [4.69, 9.17) is 9.47 Å². The third kappa shape index (κ3) is 6.02. The number of unbranched alkanes of at least 4 members (excludes halogenated alkanes) is 1. The molecule has 0 N–H and O–H groups in total. The van der Waals surface area contributed by atoms with E-state index in [0.29, 0.717) is 13.2 Å². The monoisotopic (exact) mass is 237 g/mol. The lowest BCUT2D eigenvalue weighted by molar-refractivity contribution is 0.202. The maximum atomic E-state index is 9.86. The van der Waals surface area contributed by atoms with Crippen molar-refractivity contribution in [2.24, 2.45) is 5.18 Å². The molecule has 0 amide bonds. The number of nitrogens with zero attached hydrogens (tertiary/aromatic N) is 1. The van der Waals surface area contributed by atoms with Crippen molar-refractivity contribution in [3.05, 3.63) is 34.7 Å². The van der Waals surface area contributed by atoms with E-state index < -0.39 is 0 Å². The summed E-state index contributed by atoms with van der Waals surface area (Å²) >= 11 is 0. The molecule has 0 fully saturated rings. The average molecular weight is 237 g/mol. The first kappa shape index (κ1) is 13.6. The summed E-state index contributed by atoms with van der Waals surface area (Å²) in [5.41, 5.74) is 1.24. The molecule has 1 rings (SSSR count). The molecule has 0 aromatic heterocycles. The highest BCUT2D eigenvalue weighted by Crippen LogP contribution is 2.13. The van der Waals surface area contributed by atoms with Crippen molar-refractivity contribution >= 4 is 0 Å². The average Bonchev–Trinajstić information content (AvgIpc) is 2.37. The molecule has 4 heteroatoms. The first-order valence-corrected chi connectivity index (χ1v) is 5.86. The largest absolute Gasteiger partial charge is 0.494 e. The van der Waals surface area contributed by atoms with Crippen LogP contribution in [0.4, 0.5) is 0 Å². The first-order chi connectivity index (χ1) is 8.36. The Balaban J connectivity index is 2.23. The summed E-state index contributed by atoms with van der Waals surface area (Å²) in [6, 6.07) is 8.01. The molecular weight excluding hydrogens is 218 g/mol. The van der Waals surface area contributed by atoms with Crippen LogP contribution in [0.1, 0.15) is 18.4 Å². The van der Waals surface area contributed by atoms with Gasteiger partial charge in [0.15, 0.2) is 0 Å². The van der Waals surface area contributed by atoms with Gasteiger partial charge in [-0.1, -0.05) is 17.3 Å². The Kier molecular flexibility index (Phi) is 6.98. The van der Waals surface area contributed by atoms with Gasteiger partial charge in [0.25, 0.3) is 0 Å². The minimum absolute atomic E-state index is 0.374. The molecule has 94 valence electrons. The summed E-state index contributed by atoms with van der Waals surface area (Å²) in [7, 11) is 1.70. The van der Waals surface area contributed by atoms with Gasteiger partial charge in [-0.25, -0.2) is 0 Å². The summed E-state index contributed by atoms with van der Waals surface area (Å²) < 4.78 is 10.5. The molecule has 0 atom stereocenters. The molecular formula is C13H19NO3. The van der Waals surface area contributed by atoms with Crippen molar-refractivity contribution in [1.82, 2.24) is 0 Å². The van der Waals surface area contributed by atoms with Crippen LogP contribution in [0.25, 0.3) is 0 Å². The van der Waals surface area contributed by atoms with E-state index in [2.05, 4.69) is 5.18 Å². The van der Waals surface area contributed by atoms with Crippen LogP contribution in [0.2, 0.25) is 0 Å². The Hall–Kier alpha value is -1.42. The number of methoxy groups -OCH3 is 1.